The summed E-state index contributed by atoms with van der Waals surface area (Å²) in [4.78, 5) is 31.0. The number of carbonyl (C=O) groups excluding carboxylic acids is 2. The fraction of sp³-hybridized carbons (Fsp3) is 0.429. The van der Waals surface area contributed by atoms with E-state index in [0.717, 1.165) is 9.91 Å². The summed E-state index contributed by atoms with van der Waals surface area (Å²) in [6.45, 7) is 0.293. The van der Waals surface area contributed by atoms with Crippen LogP contribution in [0.15, 0.2) is 24.3 Å². The van der Waals surface area contributed by atoms with Gasteiger partial charge in [-0.3, -0.25) is 4.55 Å². The summed E-state index contributed by atoms with van der Waals surface area (Å²) in [6.07, 6.45) is 0.671. The van der Waals surface area contributed by atoms with Gasteiger partial charge in [0.25, 0.3) is 0 Å². The number of nitrogens with one attached hydrogen (secondary N) is 1. The molecule has 2 unspecified atom stereocenters. The molecule has 2 atom stereocenters. The molecule has 2 saturated heterocycles. The summed E-state index contributed by atoms with van der Waals surface area (Å²) in [6, 6.07) is 5.39. The van der Waals surface area contributed by atoms with Crippen molar-refractivity contribution in [3.05, 3.63) is 29.8 Å². The van der Waals surface area contributed by atoms with Crippen LogP contribution in [0, 0.1) is 0 Å². The van der Waals surface area contributed by atoms with Crippen molar-refractivity contribution in [3.63, 3.8) is 0 Å². The minimum absolute atomic E-state index is 0.127. The zero-order valence-corrected chi connectivity index (χ0v) is 16.1. The second kappa shape index (κ2) is 7.53. The number of hydrogen-bond donors (Lipinski definition) is 2. The predicted molar refractivity (Wildman–Crippen MR) is 88.1 cm³/mol. The zero-order chi connectivity index (χ0) is 18.9. The molecular weight excluding hydrogens is 429 g/mol. The SMILES string of the molecule is O=C(NOCc1cccc([As])c1)C1CCC2CN1C(=O)N2OS(=O)(=O)O. The van der Waals surface area contributed by atoms with E-state index in [1.807, 2.05) is 24.3 Å². The van der Waals surface area contributed by atoms with Crippen LogP contribution >= 0.6 is 0 Å². The van der Waals surface area contributed by atoms with Gasteiger partial charge in [0.15, 0.2) is 0 Å². The first-order chi connectivity index (χ1) is 12.2. The van der Waals surface area contributed by atoms with Gasteiger partial charge in [-0.2, -0.15) is 8.42 Å². The van der Waals surface area contributed by atoms with Gasteiger partial charge in [0.1, 0.15) is 0 Å². The fourth-order valence-corrected chi connectivity index (χ4v) is 3.93. The Morgan fingerprint density at radius 2 is 2.15 bits per heavy atom. The average Bonchev–Trinajstić information content (AvgIpc) is 2.78. The summed E-state index contributed by atoms with van der Waals surface area (Å²) in [7, 11) is -4.81. The van der Waals surface area contributed by atoms with E-state index in [4.69, 9.17) is 9.39 Å². The first kappa shape index (κ1) is 19.1. The summed E-state index contributed by atoms with van der Waals surface area (Å²) in [5.74, 6) is -0.506. The van der Waals surface area contributed by atoms with Gasteiger partial charge >= 0.3 is 146 Å². The van der Waals surface area contributed by atoms with E-state index in [0.29, 0.717) is 17.9 Å². The Kier molecular flexibility index (Phi) is 5.54. The average molecular weight is 445 g/mol. The number of amides is 3. The number of fused-ring (bicyclic) bond motifs is 2. The smallest absolute Gasteiger partial charge is 0.262 e. The van der Waals surface area contributed by atoms with Gasteiger partial charge in [-0.25, -0.2) is 0 Å². The van der Waals surface area contributed by atoms with Gasteiger partial charge in [-0.05, 0) is 0 Å². The second-order valence-corrected chi connectivity index (χ2v) is 8.02. The number of piperidine rings is 1. The first-order valence-corrected chi connectivity index (χ1v) is 10.0. The normalized spacial score (nSPS) is 22.6. The number of urea groups is 1. The topological polar surface area (TPSA) is 125 Å². The summed E-state index contributed by atoms with van der Waals surface area (Å²) in [5, 5.41) is 0.592. The molecule has 0 aromatic heterocycles. The Morgan fingerprint density at radius 1 is 1.38 bits per heavy atom. The molecular formula is C14H16AsN3O7S. The van der Waals surface area contributed by atoms with E-state index in [2.05, 4.69) is 26.6 Å². The molecule has 10 nitrogen and oxygen atoms in total. The minimum Gasteiger partial charge on any atom is -0.262 e. The van der Waals surface area contributed by atoms with Crippen LogP contribution in [-0.4, -0.2) is 70.4 Å². The first-order valence-electron chi connectivity index (χ1n) is 7.71. The van der Waals surface area contributed by atoms with E-state index < -0.39 is 34.4 Å². The summed E-state index contributed by atoms with van der Waals surface area (Å²) >= 11 is 2.41. The molecule has 2 heterocycles. The van der Waals surface area contributed by atoms with Crippen molar-refractivity contribution < 1.29 is 31.7 Å². The molecule has 0 aliphatic carbocycles. The Labute approximate surface area is 158 Å². The van der Waals surface area contributed by atoms with Gasteiger partial charge in [0.05, 0.1) is 0 Å². The molecule has 1 aromatic rings. The third-order valence-corrected chi connectivity index (χ3v) is 5.05. The molecule has 2 aliphatic heterocycles. The van der Waals surface area contributed by atoms with Gasteiger partial charge < -0.3 is 0 Å². The number of nitrogens with zero attached hydrogens (tertiary/aromatic N) is 2. The summed E-state index contributed by atoms with van der Waals surface area (Å²) in [5.41, 5.74) is 3.19. The quantitative estimate of drug-likeness (QED) is 0.328. The second-order valence-electron chi connectivity index (χ2n) is 5.93. The van der Waals surface area contributed by atoms with Crippen molar-refractivity contribution in [1.82, 2.24) is 15.4 Å². The number of hydroxylamine groups is 3. The van der Waals surface area contributed by atoms with E-state index in [-0.39, 0.29) is 13.2 Å². The van der Waals surface area contributed by atoms with Gasteiger partial charge in [-0.15, -0.1) is 0 Å². The van der Waals surface area contributed by atoms with Crippen molar-refractivity contribution >= 4 is 43.5 Å². The molecule has 2 bridgehead atoms. The predicted octanol–water partition coefficient (Wildman–Crippen LogP) is -0.969. The van der Waals surface area contributed by atoms with E-state index in [1.165, 1.54) is 4.90 Å². The molecule has 2 aliphatic rings. The molecule has 2 radical (unpaired) electrons. The fourth-order valence-electron chi connectivity index (χ4n) is 3.01. The van der Waals surface area contributed by atoms with E-state index >= 15 is 0 Å². The molecule has 1 aromatic carbocycles. The monoisotopic (exact) mass is 445 g/mol. The van der Waals surface area contributed by atoms with Crippen LogP contribution in [0.25, 0.3) is 0 Å². The van der Waals surface area contributed by atoms with Crippen molar-refractivity contribution in [2.24, 2.45) is 0 Å². The number of benzene rings is 1. The van der Waals surface area contributed by atoms with Crippen molar-refractivity contribution in [1.29, 1.82) is 0 Å². The van der Waals surface area contributed by atoms with Crippen LogP contribution in [0.3, 0.4) is 0 Å². The minimum atomic E-state index is -4.81. The molecule has 3 rings (SSSR count). The Bertz CT molecular complexity index is 819. The molecule has 140 valence electrons. The summed E-state index contributed by atoms with van der Waals surface area (Å²) < 4.78 is 35.8. The maximum atomic E-state index is 12.3. The Morgan fingerprint density at radius 3 is 2.85 bits per heavy atom. The van der Waals surface area contributed by atoms with Crippen LogP contribution in [0.5, 0.6) is 0 Å². The maximum absolute atomic E-state index is 12.3. The molecule has 2 N–H and O–H groups in total. The standard InChI is InChI=1S/C14H16AsN3O7S/c15-10-3-1-2-9(6-10)8-24-16-13(19)12-5-4-11-7-17(12)14(20)18(11)25-26(21,22)23/h1-3,6,11-12H,4-5,7-8H2,(H,16,19)(H,21,22,23). The number of hydrogen-bond acceptors (Lipinski definition) is 6. The molecule has 2 fully saturated rings. The zero-order valence-electron chi connectivity index (χ0n) is 13.4. The molecule has 3 amide bonds. The van der Waals surface area contributed by atoms with Gasteiger partial charge in [-0.1, -0.05) is 0 Å². The number of rotatable bonds is 6. The van der Waals surface area contributed by atoms with Crippen LogP contribution in [-0.2, 0) is 30.9 Å². The van der Waals surface area contributed by atoms with Crippen LogP contribution in [0.1, 0.15) is 18.4 Å². The number of carbonyl (C=O) groups is 2. The van der Waals surface area contributed by atoms with Crippen LogP contribution in [0.2, 0.25) is 0 Å². The third kappa shape index (κ3) is 4.36. The van der Waals surface area contributed by atoms with Crippen molar-refractivity contribution in [2.75, 3.05) is 6.54 Å². The molecule has 0 spiro atoms. The van der Waals surface area contributed by atoms with E-state index in [9.17, 15) is 18.0 Å². The Balaban J connectivity index is 1.57. The molecule has 12 heteroatoms. The van der Waals surface area contributed by atoms with Crippen molar-refractivity contribution in [2.45, 2.75) is 31.5 Å². The molecule has 0 saturated carbocycles. The van der Waals surface area contributed by atoms with Crippen LogP contribution in [0.4, 0.5) is 4.79 Å². The Hall–Kier alpha value is -1.65. The van der Waals surface area contributed by atoms with Gasteiger partial charge in [0.2, 0.25) is 0 Å². The molecule has 26 heavy (non-hydrogen) atoms. The van der Waals surface area contributed by atoms with Crippen molar-refractivity contribution in [3.8, 4) is 0 Å². The van der Waals surface area contributed by atoms with E-state index in [1.54, 1.807) is 0 Å². The van der Waals surface area contributed by atoms with Crippen LogP contribution < -0.4 is 9.83 Å². The third-order valence-electron chi connectivity index (χ3n) is 4.12. The van der Waals surface area contributed by atoms with Gasteiger partial charge in [0, 0.05) is 0 Å².